The van der Waals surface area contributed by atoms with Crippen molar-refractivity contribution in [3.05, 3.63) is 11.6 Å². The standard InChI is InChI=1S/C7H13/c1-6(2)5-7(3)4/h6H,1-4H3/q-1. The molecule has 0 atom stereocenters. The summed E-state index contributed by atoms with van der Waals surface area (Å²) in [5.74, 6) is 0.588. The molecule has 0 bridgehead atoms. The first-order valence-electron chi connectivity index (χ1n) is 2.69. The summed E-state index contributed by atoms with van der Waals surface area (Å²) in [5.41, 5.74) is 1.29. The van der Waals surface area contributed by atoms with Crippen molar-refractivity contribution in [3.63, 3.8) is 0 Å². The predicted molar refractivity (Wildman–Crippen MR) is 32.9 cm³/mol. The second-order valence-corrected chi connectivity index (χ2v) is 2.30. The van der Waals surface area contributed by atoms with Crippen molar-refractivity contribution in [3.8, 4) is 0 Å². The minimum atomic E-state index is 0.588. The van der Waals surface area contributed by atoms with Crippen LogP contribution in [0.1, 0.15) is 27.7 Å². The summed E-state index contributed by atoms with van der Waals surface area (Å²) in [6.07, 6.45) is 3.22. The quantitative estimate of drug-likeness (QED) is 0.441. The Kier molecular flexibility index (Phi) is 2.73. The molecule has 0 rings (SSSR count). The fourth-order valence-corrected chi connectivity index (χ4v) is 0.577. The van der Waals surface area contributed by atoms with Crippen LogP contribution in [0.25, 0.3) is 0 Å². The van der Waals surface area contributed by atoms with Crippen LogP contribution >= 0.6 is 0 Å². The molecule has 0 nitrogen and oxygen atoms in total. The molecule has 0 heteroatoms. The molecule has 7 heavy (non-hydrogen) atoms. The average Bonchev–Trinajstić information content (AvgIpc) is 1.27. The zero-order chi connectivity index (χ0) is 5.86. The molecular formula is C7H13-. The molecule has 0 aromatic heterocycles. The summed E-state index contributed by atoms with van der Waals surface area (Å²) in [4.78, 5) is 0. The molecule has 0 N–H and O–H groups in total. The van der Waals surface area contributed by atoms with E-state index in [1.165, 1.54) is 5.57 Å². The van der Waals surface area contributed by atoms with E-state index in [4.69, 9.17) is 0 Å². The Morgan fingerprint density at radius 3 is 1.71 bits per heavy atom. The van der Waals surface area contributed by atoms with Crippen LogP contribution in [0.5, 0.6) is 0 Å². The van der Waals surface area contributed by atoms with E-state index in [1.54, 1.807) is 0 Å². The van der Waals surface area contributed by atoms with E-state index in [1.807, 2.05) is 0 Å². The van der Waals surface area contributed by atoms with Gasteiger partial charge in [-0.3, -0.25) is 5.57 Å². The topological polar surface area (TPSA) is 0 Å². The Morgan fingerprint density at radius 2 is 1.71 bits per heavy atom. The van der Waals surface area contributed by atoms with Gasteiger partial charge in [0, 0.05) is 0 Å². The molecule has 0 heterocycles. The molecule has 0 aliphatic carbocycles. The van der Waals surface area contributed by atoms with Gasteiger partial charge >= 0.3 is 0 Å². The van der Waals surface area contributed by atoms with Gasteiger partial charge in [-0.2, -0.15) is 5.92 Å². The fraction of sp³-hybridized carbons (Fsp3) is 0.714. The van der Waals surface area contributed by atoms with Crippen LogP contribution < -0.4 is 0 Å². The highest BCUT2D eigenvalue weighted by Gasteiger charge is 1.65. The molecule has 0 spiro atoms. The first-order valence-corrected chi connectivity index (χ1v) is 2.69. The summed E-state index contributed by atoms with van der Waals surface area (Å²) in [6, 6.07) is 0. The van der Waals surface area contributed by atoms with Crippen LogP contribution in [-0.4, -0.2) is 0 Å². The lowest BCUT2D eigenvalue weighted by atomic mass is 10.1. The molecule has 0 aromatic carbocycles. The van der Waals surface area contributed by atoms with E-state index in [2.05, 4.69) is 33.8 Å². The van der Waals surface area contributed by atoms with Crippen molar-refractivity contribution in [1.82, 2.24) is 0 Å². The Morgan fingerprint density at radius 1 is 1.29 bits per heavy atom. The van der Waals surface area contributed by atoms with Gasteiger partial charge < -0.3 is 6.08 Å². The zero-order valence-corrected chi connectivity index (χ0v) is 5.58. The van der Waals surface area contributed by atoms with Gasteiger partial charge in [0.05, 0.1) is 0 Å². The van der Waals surface area contributed by atoms with E-state index in [-0.39, 0.29) is 0 Å². The monoisotopic (exact) mass is 97.1 g/mol. The van der Waals surface area contributed by atoms with Gasteiger partial charge in [0.2, 0.25) is 0 Å². The maximum absolute atomic E-state index is 3.22. The van der Waals surface area contributed by atoms with Gasteiger partial charge in [-0.25, -0.2) is 0 Å². The van der Waals surface area contributed by atoms with Crippen molar-refractivity contribution < 1.29 is 0 Å². The third kappa shape index (κ3) is 5.74. The molecule has 0 fully saturated rings. The van der Waals surface area contributed by atoms with Gasteiger partial charge in [-0.15, -0.1) is 0 Å². The SMILES string of the molecule is CC(C)=[C-]C(C)C. The number of hydrogen-bond donors (Lipinski definition) is 0. The highest BCUT2D eigenvalue weighted by atomic mass is 13.9. The lowest BCUT2D eigenvalue weighted by Crippen LogP contribution is -1.79. The normalized spacial score (nSPS) is 9.29. The van der Waals surface area contributed by atoms with E-state index in [9.17, 15) is 0 Å². The lowest BCUT2D eigenvalue weighted by Gasteiger charge is -2.12. The molecule has 0 saturated carbocycles. The Balaban J connectivity index is 3.45. The summed E-state index contributed by atoms with van der Waals surface area (Å²) < 4.78 is 0. The van der Waals surface area contributed by atoms with E-state index in [0.29, 0.717) is 5.92 Å². The van der Waals surface area contributed by atoms with Crippen LogP contribution in [-0.2, 0) is 0 Å². The zero-order valence-electron chi connectivity index (χ0n) is 5.58. The highest BCUT2D eigenvalue weighted by Crippen LogP contribution is 1.96. The van der Waals surface area contributed by atoms with Crippen molar-refractivity contribution in [1.29, 1.82) is 0 Å². The van der Waals surface area contributed by atoms with E-state index in [0.717, 1.165) is 0 Å². The smallest absolute Gasteiger partial charge is 0.0766 e. The van der Waals surface area contributed by atoms with Gasteiger partial charge in [0.25, 0.3) is 0 Å². The molecular weight excluding hydrogens is 84.1 g/mol. The summed E-state index contributed by atoms with van der Waals surface area (Å²) >= 11 is 0. The lowest BCUT2D eigenvalue weighted by molar-refractivity contribution is 0.794. The molecule has 42 valence electrons. The molecule has 0 aliphatic rings. The number of hydrogen-bond acceptors (Lipinski definition) is 0. The number of allylic oxidation sites excluding steroid dienone is 2. The van der Waals surface area contributed by atoms with Crippen LogP contribution in [0.15, 0.2) is 5.57 Å². The predicted octanol–water partition coefficient (Wildman–Crippen LogP) is 2.41. The second kappa shape index (κ2) is 2.84. The molecule has 0 saturated heterocycles. The number of rotatable bonds is 1. The third-order valence-electron chi connectivity index (χ3n) is 0.577. The van der Waals surface area contributed by atoms with Crippen molar-refractivity contribution in [2.75, 3.05) is 0 Å². The van der Waals surface area contributed by atoms with E-state index >= 15 is 0 Å². The minimum Gasteiger partial charge on any atom is -0.495 e. The van der Waals surface area contributed by atoms with Crippen molar-refractivity contribution in [2.24, 2.45) is 5.92 Å². The van der Waals surface area contributed by atoms with Crippen LogP contribution in [0.4, 0.5) is 0 Å². The van der Waals surface area contributed by atoms with E-state index < -0.39 is 0 Å². The summed E-state index contributed by atoms with van der Waals surface area (Å²) in [6.45, 7) is 8.40. The van der Waals surface area contributed by atoms with Crippen LogP contribution in [0, 0.1) is 12.0 Å². The summed E-state index contributed by atoms with van der Waals surface area (Å²) in [5, 5.41) is 0. The van der Waals surface area contributed by atoms with Gasteiger partial charge in [-0.1, -0.05) is 27.7 Å². The van der Waals surface area contributed by atoms with Crippen LogP contribution in [0.3, 0.4) is 0 Å². The van der Waals surface area contributed by atoms with Gasteiger partial charge in [-0.05, 0) is 0 Å². The average molecular weight is 97.2 g/mol. The fourth-order valence-electron chi connectivity index (χ4n) is 0.577. The molecule has 0 amide bonds. The molecule has 0 radical (unpaired) electrons. The van der Waals surface area contributed by atoms with Crippen LogP contribution in [0.2, 0.25) is 0 Å². The summed E-state index contributed by atoms with van der Waals surface area (Å²) in [7, 11) is 0. The van der Waals surface area contributed by atoms with Crippen molar-refractivity contribution >= 4 is 0 Å². The first kappa shape index (κ1) is 6.74. The highest BCUT2D eigenvalue weighted by molar-refractivity contribution is 4.87. The second-order valence-electron chi connectivity index (χ2n) is 2.30. The Hall–Kier alpha value is -0.260. The van der Waals surface area contributed by atoms with Gasteiger partial charge in [0.1, 0.15) is 0 Å². The largest absolute Gasteiger partial charge is 0.495 e. The maximum Gasteiger partial charge on any atom is -0.0766 e. The molecule has 0 aromatic rings. The maximum atomic E-state index is 3.22. The molecule has 0 aliphatic heterocycles. The first-order chi connectivity index (χ1) is 3.13. The molecule has 0 unspecified atom stereocenters. The van der Waals surface area contributed by atoms with Crippen molar-refractivity contribution in [2.45, 2.75) is 27.7 Å². The third-order valence-corrected chi connectivity index (χ3v) is 0.577. The minimum absolute atomic E-state index is 0.588. The Bertz CT molecular complexity index is 64.1. The van der Waals surface area contributed by atoms with Gasteiger partial charge in [0.15, 0.2) is 0 Å². The Labute approximate surface area is 46.2 Å².